The summed E-state index contributed by atoms with van der Waals surface area (Å²) in [4.78, 5) is 6.77. The second-order valence-electron chi connectivity index (χ2n) is 6.75. The number of methoxy groups -OCH3 is 3. The monoisotopic (exact) mass is 433 g/mol. The van der Waals surface area contributed by atoms with E-state index in [-0.39, 0.29) is 0 Å². The Balaban J connectivity index is 1.52. The molecule has 0 aliphatic heterocycles. The number of aromatic nitrogens is 1. The number of fused-ring (bicyclic) bond motifs is 1. The molecule has 0 saturated carbocycles. The quantitative estimate of drug-likeness (QED) is 0.340. The van der Waals surface area contributed by atoms with Gasteiger partial charge in [0.2, 0.25) is 0 Å². The van der Waals surface area contributed by atoms with Gasteiger partial charge in [-0.1, -0.05) is 23.9 Å². The highest BCUT2D eigenvalue weighted by atomic mass is 32.2. The fraction of sp³-hybridized carbons (Fsp3) is 0.160. The van der Waals surface area contributed by atoms with Gasteiger partial charge in [0, 0.05) is 27.4 Å². The van der Waals surface area contributed by atoms with Crippen LogP contribution < -0.4 is 18.9 Å². The van der Waals surface area contributed by atoms with Gasteiger partial charge in [0.25, 0.3) is 0 Å². The summed E-state index contributed by atoms with van der Waals surface area (Å²) in [6.45, 7) is 0.421. The predicted molar refractivity (Wildman–Crippen MR) is 123 cm³/mol. The highest BCUT2D eigenvalue weighted by Crippen LogP contribution is 2.35. The molecule has 0 aliphatic carbocycles. The molecule has 0 amide bonds. The van der Waals surface area contributed by atoms with E-state index < -0.39 is 0 Å². The van der Waals surface area contributed by atoms with Crippen LogP contribution in [0.4, 0.5) is 0 Å². The Bertz CT molecular complexity index is 1200. The highest BCUT2D eigenvalue weighted by molar-refractivity contribution is 7.99. The number of pyridine rings is 1. The minimum atomic E-state index is 0.421. The Hall–Kier alpha value is -3.38. The lowest BCUT2D eigenvalue weighted by molar-refractivity contribution is 0.304. The van der Waals surface area contributed by atoms with Crippen molar-refractivity contribution in [3.8, 4) is 23.0 Å². The van der Waals surface area contributed by atoms with Crippen LogP contribution in [0.2, 0.25) is 0 Å². The maximum atomic E-state index is 6.00. The van der Waals surface area contributed by atoms with Crippen molar-refractivity contribution in [1.82, 2.24) is 4.98 Å². The molecule has 158 valence electrons. The number of ether oxygens (including phenoxy) is 4. The summed E-state index contributed by atoms with van der Waals surface area (Å²) in [7, 11) is 4.92. The van der Waals surface area contributed by atoms with E-state index in [9.17, 15) is 0 Å². The van der Waals surface area contributed by atoms with E-state index in [0.717, 1.165) is 37.8 Å². The smallest absolute Gasteiger partial charge is 0.161 e. The fourth-order valence-electron chi connectivity index (χ4n) is 3.21. The zero-order valence-corrected chi connectivity index (χ0v) is 18.4. The number of benzene rings is 3. The molecule has 31 heavy (non-hydrogen) atoms. The summed E-state index contributed by atoms with van der Waals surface area (Å²) in [5.41, 5.74) is 1.88. The molecule has 0 aliphatic rings. The van der Waals surface area contributed by atoms with E-state index in [4.69, 9.17) is 18.9 Å². The molecule has 3 aromatic carbocycles. The molecule has 0 saturated heterocycles. The summed E-state index contributed by atoms with van der Waals surface area (Å²) in [6.07, 6.45) is 1.82. The molecule has 0 spiro atoms. The minimum absolute atomic E-state index is 0.421. The minimum Gasteiger partial charge on any atom is -0.497 e. The molecule has 5 nitrogen and oxygen atoms in total. The fourth-order valence-corrected chi connectivity index (χ4v) is 4.20. The molecule has 1 heterocycles. The van der Waals surface area contributed by atoms with Crippen LogP contribution in [-0.2, 0) is 6.61 Å². The van der Waals surface area contributed by atoms with Crippen LogP contribution in [0.5, 0.6) is 23.0 Å². The molecular formula is C25H23NO4S. The van der Waals surface area contributed by atoms with Crippen molar-refractivity contribution in [2.45, 2.75) is 16.4 Å². The standard InChI is InChI=1S/C25H23NO4S/c1-27-18-5-4-6-20(14-18)31-25-11-12-26-22-15-19(8-9-21(22)25)30-16-17-7-10-23(28-2)24(13-17)29-3/h4-15H,16H2,1-3H3. The van der Waals surface area contributed by atoms with Crippen molar-refractivity contribution in [2.24, 2.45) is 0 Å². The normalized spacial score (nSPS) is 10.7. The third-order valence-electron chi connectivity index (χ3n) is 4.80. The third-order valence-corrected chi connectivity index (χ3v) is 5.86. The summed E-state index contributed by atoms with van der Waals surface area (Å²) in [5.74, 6) is 2.98. The van der Waals surface area contributed by atoms with Crippen LogP contribution in [0.1, 0.15) is 5.56 Å². The molecule has 0 unspecified atom stereocenters. The average molecular weight is 434 g/mol. The Morgan fingerprint density at radius 3 is 2.45 bits per heavy atom. The van der Waals surface area contributed by atoms with Crippen molar-refractivity contribution in [3.05, 3.63) is 78.5 Å². The number of hydrogen-bond donors (Lipinski definition) is 0. The lowest BCUT2D eigenvalue weighted by atomic mass is 10.2. The summed E-state index contributed by atoms with van der Waals surface area (Å²) in [5, 5.41) is 1.08. The maximum absolute atomic E-state index is 6.00. The van der Waals surface area contributed by atoms with Crippen LogP contribution in [-0.4, -0.2) is 26.3 Å². The average Bonchev–Trinajstić information content (AvgIpc) is 2.82. The first-order valence-corrected chi connectivity index (χ1v) is 10.6. The molecule has 0 radical (unpaired) electrons. The van der Waals surface area contributed by atoms with Gasteiger partial charge < -0.3 is 18.9 Å². The predicted octanol–water partition coefficient (Wildman–Crippen LogP) is 5.99. The Labute approximate surface area is 185 Å². The lowest BCUT2D eigenvalue weighted by Crippen LogP contribution is -1.98. The zero-order chi connectivity index (χ0) is 21.6. The van der Waals surface area contributed by atoms with Gasteiger partial charge in [-0.25, -0.2) is 0 Å². The van der Waals surface area contributed by atoms with E-state index in [1.807, 2.05) is 60.8 Å². The van der Waals surface area contributed by atoms with Crippen molar-refractivity contribution in [1.29, 1.82) is 0 Å². The zero-order valence-electron chi connectivity index (χ0n) is 17.6. The van der Waals surface area contributed by atoms with E-state index >= 15 is 0 Å². The first-order valence-electron chi connectivity index (χ1n) is 9.74. The SMILES string of the molecule is COc1cccc(Sc2ccnc3cc(OCc4ccc(OC)c(OC)c4)ccc23)c1. The maximum Gasteiger partial charge on any atom is 0.161 e. The van der Waals surface area contributed by atoms with Crippen LogP contribution in [0, 0.1) is 0 Å². The molecule has 6 heteroatoms. The molecule has 1 aromatic heterocycles. The van der Waals surface area contributed by atoms with Gasteiger partial charge in [-0.3, -0.25) is 4.98 Å². The second-order valence-corrected chi connectivity index (χ2v) is 7.86. The van der Waals surface area contributed by atoms with Crippen molar-refractivity contribution >= 4 is 22.7 Å². The van der Waals surface area contributed by atoms with E-state index in [1.165, 1.54) is 0 Å². The summed E-state index contributed by atoms with van der Waals surface area (Å²) >= 11 is 1.68. The van der Waals surface area contributed by atoms with Gasteiger partial charge in [-0.15, -0.1) is 0 Å². The van der Waals surface area contributed by atoms with Gasteiger partial charge in [0.15, 0.2) is 11.5 Å². The largest absolute Gasteiger partial charge is 0.497 e. The van der Waals surface area contributed by atoms with Crippen molar-refractivity contribution < 1.29 is 18.9 Å². The number of nitrogens with zero attached hydrogens (tertiary/aromatic N) is 1. The molecule has 0 N–H and O–H groups in total. The van der Waals surface area contributed by atoms with E-state index in [0.29, 0.717) is 18.1 Å². The topological polar surface area (TPSA) is 49.8 Å². The Kier molecular flexibility index (Phi) is 6.48. The molecule has 0 bridgehead atoms. The van der Waals surface area contributed by atoms with E-state index in [2.05, 4.69) is 17.1 Å². The van der Waals surface area contributed by atoms with Crippen molar-refractivity contribution in [3.63, 3.8) is 0 Å². The highest BCUT2D eigenvalue weighted by Gasteiger charge is 2.08. The number of hydrogen-bond acceptors (Lipinski definition) is 6. The van der Waals surface area contributed by atoms with Crippen LogP contribution >= 0.6 is 11.8 Å². The molecular weight excluding hydrogens is 410 g/mol. The summed E-state index contributed by atoms with van der Waals surface area (Å²) in [6, 6.07) is 21.8. The van der Waals surface area contributed by atoms with Gasteiger partial charge >= 0.3 is 0 Å². The Morgan fingerprint density at radius 2 is 1.65 bits per heavy atom. The Morgan fingerprint density at radius 1 is 0.774 bits per heavy atom. The molecule has 0 atom stereocenters. The van der Waals surface area contributed by atoms with Crippen LogP contribution in [0.25, 0.3) is 10.9 Å². The van der Waals surface area contributed by atoms with E-state index in [1.54, 1.807) is 33.1 Å². The molecule has 4 aromatic rings. The van der Waals surface area contributed by atoms with Gasteiger partial charge in [0.1, 0.15) is 18.1 Å². The van der Waals surface area contributed by atoms with Gasteiger partial charge in [-0.2, -0.15) is 0 Å². The summed E-state index contributed by atoms with van der Waals surface area (Å²) < 4.78 is 22.0. The van der Waals surface area contributed by atoms with Crippen molar-refractivity contribution in [2.75, 3.05) is 21.3 Å². The molecule has 0 fully saturated rings. The van der Waals surface area contributed by atoms with Gasteiger partial charge in [-0.05, 0) is 54.1 Å². The molecule has 4 rings (SSSR count). The van der Waals surface area contributed by atoms with Crippen LogP contribution in [0.3, 0.4) is 0 Å². The lowest BCUT2D eigenvalue weighted by Gasteiger charge is -2.12. The first kappa shape index (κ1) is 20.9. The number of rotatable bonds is 8. The van der Waals surface area contributed by atoms with Gasteiger partial charge in [0.05, 0.1) is 26.8 Å². The second kappa shape index (κ2) is 9.62. The third kappa shape index (κ3) is 4.86. The van der Waals surface area contributed by atoms with Crippen LogP contribution in [0.15, 0.2) is 82.7 Å². The first-order chi connectivity index (χ1) is 15.2.